The van der Waals surface area contributed by atoms with Crippen molar-refractivity contribution in [2.24, 2.45) is 0 Å². The summed E-state index contributed by atoms with van der Waals surface area (Å²) in [6, 6.07) is 0. The van der Waals surface area contributed by atoms with Gasteiger partial charge in [0.05, 0.1) is 6.61 Å². The monoisotopic (exact) mass is 234 g/mol. The molecule has 0 radical (unpaired) electrons. The SMILES string of the molecule is CC(=O)OC1C(OC(C)=O)[C@@H](O)O[C@H]1CO. The van der Waals surface area contributed by atoms with Crippen molar-refractivity contribution >= 4 is 11.9 Å². The van der Waals surface area contributed by atoms with Gasteiger partial charge in [-0.05, 0) is 0 Å². The van der Waals surface area contributed by atoms with Crippen LogP contribution in [0.15, 0.2) is 0 Å². The van der Waals surface area contributed by atoms with E-state index in [9.17, 15) is 14.7 Å². The summed E-state index contributed by atoms with van der Waals surface area (Å²) >= 11 is 0. The molecule has 0 aromatic heterocycles. The topological polar surface area (TPSA) is 102 Å². The summed E-state index contributed by atoms with van der Waals surface area (Å²) in [5.41, 5.74) is 0. The number of aliphatic hydroxyl groups is 2. The zero-order valence-electron chi connectivity index (χ0n) is 8.95. The fraction of sp³-hybridized carbons (Fsp3) is 0.778. The normalized spacial score (nSPS) is 33.5. The van der Waals surface area contributed by atoms with E-state index in [2.05, 4.69) is 0 Å². The van der Waals surface area contributed by atoms with Gasteiger partial charge in [-0.15, -0.1) is 0 Å². The lowest BCUT2D eigenvalue weighted by Crippen LogP contribution is -2.40. The van der Waals surface area contributed by atoms with Gasteiger partial charge < -0.3 is 24.4 Å². The van der Waals surface area contributed by atoms with Gasteiger partial charge in [0.1, 0.15) is 6.10 Å². The Morgan fingerprint density at radius 3 is 2.12 bits per heavy atom. The lowest BCUT2D eigenvalue weighted by molar-refractivity contribution is -0.174. The molecule has 4 atom stereocenters. The number of ether oxygens (including phenoxy) is 3. The summed E-state index contributed by atoms with van der Waals surface area (Å²) in [6.45, 7) is 1.88. The number of aliphatic hydroxyl groups excluding tert-OH is 2. The van der Waals surface area contributed by atoms with Gasteiger partial charge in [-0.1, -0.05) is 0 Å². The Kier molecular flexibility index (Phi) is 4.22. The molecule has 1 aliphatic rings. The molecule has 0 aromatic carbocycles. The van der Waals surface area contributed by atoms with Crippen LogP contribution in [0.3, 0.4) is 0 Å². The van der Waals surface area contributed by atoms with Gasteiger partial charge in [-0.2, -0.15) is 0 Å². The number of carbonyl (C=O) groups is 2. The molecule has 0 amide bonds. The summed E-state index contributed by atoms with van der Waals surface area (Å²) in [5.74, 6) is -1.25. The zero-order valence-corrected chi connectivity index (χ0v) is 8.95. The van der Waals surface area contributed by atoms with Gasteiger partial charge >= 0.3 is 11.9 Å². The summed E-state index contributed by atoms with van der Waals surface area (Å²) in [7, 11) is 0. The highest BCUT2D eigenvalue weighted by Gasteiger charge is 2.48. The quantitative estimate of drug-likeness (QED) is 0.576. The second-order valence-corrected chi connectivity index (χ2v) is 3.40. The van der Waals surface area contributed by atoms with Gasteiger partial charge in [-0.3, -0.25) is 9.59 Å². The Morgan fingerprint density at radius 2 is 1.69 bits per heavy atom. The number of esters is 2. The van der Waals surface area contributed by atoms with Crippen molar-refractivity contribution in [2.75, 3.05) is 6.61 Å². The molecule has 0 spiro atoms. The number of carbonyl (C=O) groups excluding carboxylic acids is 2. The highest BCUT2D eigenvalue weighted by atomic mass is 16.7. The molecule has 0 bridgehead atoms. The fourth-order valence-electron chi connectivity index (χ4n) is 1.51. The summed E-state index contributed by atoms with van der Waals surface area (Å²) in [5, 5.41) is 18.4. The van der Waals surface area contributed by atoms with E-state index in [0.717, 1.165) is 6.92 Å². The third-order valence-corrected chi connectivity index (χ3v) is 2.07. The Hall–Kier alpha value is -1.18. The maximum Gasteiger partial charge on any atom is 0.303 e. The van der Waals surface area contributed by atoms with Gasteiger partial charge in [-0.25, -0.2) is 0 Å². The molecular formula is C9H14O7. The van der Waals surface area contributed by atoms with Crippen LogP contribution in [0, 0.1) is 0 Å². The highest BCUT2D eigenvalue weighted by molar-refractivity contribution is 5.67. The molecule has 2 unspecified atom stereocenters. The Bertz CT molecular complexity index is 277. The molecule has 16 heavy (non-hydrogen) atoms. The minimum atomic E-state index is -1.41. The second-order valence-electron chi connectivity index (χ2n) is 3.40. The molecule has 92 valence electrons. The van der Waals surface area contributed by atoms with Gasteiger partial charge in [0.15, 0.2) is 18.5 Å². The van der Waals surface area contributed by atoms with Crippen LogP contribution in [0.1, 0.15) is 13.8 Å². The third-order valence-electron chi connectivity index (χ3n) is 2.07. The van der Waals surface area contributed by atoms with Crippen molar-refractivity contribution < 1.29 is 34.0 Å². The lowest BCUT2D eigenvalue weighted by Gasteiger charge is -2.21. The molecule has 0 aromatic rings. The van der Waals surface area contributed by atoms with Crippen LogP contribution < -0.4 is 0 Å². The average Bonchev–Trinajstić information content (AvgIpc) is 2.44. The van der Waals surface area contributed by atoms with E-state index in [1.54, 1.807) is 0 Å². The average molecular weight is 234 g/mol. The molecule has 1 rings (SSSR count). The molecule has 1 aliphatic heterocycles. The van der Waals surface area contributed by atoms with E-state index >= 15 is 0 Å². The largest absolute Gasteiger partial charge is 0.455 e. The van der Waals surface area contributed by atoms with Crippen LogP contribution in [0.5, 0.6) is 0 Å². The number of hydrogen-bond acceptors (Lipinski definition) is 7. The summed E-state index contributed by atoms with van der Waals surface area (Å²) in [4.78, 5) is 21.6. The molecule has 1 saturated heterocycles. The molecular weight excluding hydrogens is 220 g/mol. The van der Waals surface area contributed by atoms with Crippen LogP contribution in [0.2, 0.25) is 0 Å². The maximum absolute atomic E-state index is 10.8. The van der Waals surface area contributed by atoms with Crippen LogP contribution in [0.4, 0.5) is 0 Å². The van der Waals surface area contributed by atoms with Crippen LogP contribution >= 0.6 is 0 Å². The first kappa shape index (κ1) is 12.9. The van der Waals surface area contributed by atoms with Crippen molar-refractivity contribution in [3.63, 3.8) is 0 Å². The van der Waals surface area contributed by atoms with E-state index in [0.29, 0.717) is 0 Å². The molecule has 2 N–H and O–H groups in total. The number of hydrogen-bond donors (Lipinski definition) is 2. The van der Waals surface area contributed by atoms with Crippen LogP contribution in [-0.4, -0.2) is 53.4 Å². The molecule has 1 heterocycles. The Morgan fingerprint density at radius 1 is 1.19 bits per heavy atom. The molecule has 7 nitrogen and oxygen atoms in total. The minimum Gasteiger partial charge on any atom is -0.455 e. The lowest BCUT2D eigenvalue weighted by atomic mass is 10.1. The van der Waals surface area contributed by atoms with Crippen molar-refractivity contribution in [3.05, 3.63) is 0 Å². The predicted octanol–water partition coefficient (Wildman–Crippen LogP) is -1.44. The van der Waals surface area contributed by atoms with Gasteiger partial charge in [0.2, 0.25) is 0 Å². The van der Waals surface area contributed by atoms with E-state index in [-0.39, 0.29) is 0 Å². The first-order valence-corrected chi connectivity index (χ1v) is 4.74. The minimum absolute atomic E-state index is 0.452. The van der Waals surface area contributed by atoms with Gasteiger partial charge in [0, 0.05) is 13.8 Å². The van der Waals surface area contributed by atoms with E-state index in [1.807, 2.05) is 0 Å². The highest BCUT2D eigenvalue weighted by Crippen LogP contribution is 2.25. The van der Waals surface area contributed by atoms with Crippen molar-refractivity contribution in [1.82, 2.24) is 0 Å². The first-order chi connectivity index (χ1) is 7.45. The zero-order chi connectivity index (χ0) is 12.3. The van der Waals surface area contributed by atoms with Crippen molar-refractivity contribution in [2.45, 2.75) is 38.4 Å². The van der Waals surface area contributed by atoms with Crippen LogP contribution in [-0.2, 0) is 23.8 Å². The van der Waals surface area contributed by atoms with E-state index in [4.69, 9.17) is 19.3 Å². The summed E-state index contributed by atoms with van der Waals surface area (Å²) in [6.07, 6.45) is -4.42. The first-order valence-electron chi connectivity index (χ1n) is 4.74. The smallest absolute Gasteiger partial charge is 0.303 e. The van der Waals surface area contributed by atoms with Crippen molar-refractivity contribution in [1.29, 1.82) is 0 Å². The fourth-order valence-corrected chi connectivity index (χ4v) is 1.51. The second kappa shape index (κ2) is 5.24. The van der Waals surface area contributed by atoms with Crippen LogP contribution in [0.25, 0.3) is 0 Å². The predicted molar refractivity (Wildman–Crippen MR) is 49.1 cm³/mol. The molecule has 0 saturated carbocycles. The van der Waals surface area contributed by atoms with Crippen molar-refractivity contribution in [3.8, 4) is 0 Å². The summed E-state index contributed by atoms with van der Waals surface area (Å²) < 4.78 is 14.5. The molecule has 7 heteroatoms. The molecule has 1 fully saturated rings. The van der Waals surface area contributed by atoms with E-state index < -0.39 is 43.1 Å². The van der Waals surface area contributed by atoms with E-state index in [1.165, 1.54) is 6.92 Å². The standard InChI is InChI=1S/C9H14O7/c1-4(11)14-7-6(3-10)16-9(13)8(7)15-5(2)12/h6-10,13H,3H2,1-2H3/t6-,7?,8?,9-/m0/s1. The Balaban J connectivity index is 2.76. The maximum atomic E-state index is 10.8. The third kappa shape index (κ3) is 2.91. The Labute approximate surface area is 91.9 Å². The molecule has 0 aliphatic carbocycles. The number of rotatable bonds is 3. The van der Waals surface area contributed by atoms with Gasteiger partial charge in [0.25, 0.3) is 0 Å².